The van der Waals surface area contributed by atoms with E-state index in [2.05, 4.69) is 18.3 Å². The molecule has 19 heavy (non-hydrogen) atoms. The van der Waals surface area contributed by atoms with Gasteiger partial charge >= 0.3 is 0 Å². The first-order chi connectivity index (χ1) is 9.12. The highest BCUT2D eigenvalue weighted by Crippen LogP contribution is 2.21. The molecule has 0 aliphatic carbocycles. The lowest BCUT2D eigenvalue weighted by molar-refractivity contribution is 0.292. The van der Waals surface area contributed by atoms with Gasteiger partial charge in [0, 0.05) is 30.6 Å². The lowest BCUT2D eigenvalue weighted by Crippen LogP contribution is -2.06. The second-order valence-electron chi connectivity index (χ2n) is 4.23. The third-order valence-electron chi connectivity index (χ3n) is 2.88. The lowest BCUT2D eigenvalue weighted by atomic mass is 10.0. The largest absolute Gasteiger partial charge is 0.473 e. The van der Waals surface area contributed by atoms with E-state index in [9.17, 15) is 0 Å². The minimum absolute atomic E-state index is 0.0777. The Kier molecular flexibility index (Phi) is 5.79. The standard InChI is InChI=1S/C15H21N3O/c1-4-12-6-5-7-14(18-3)13(12)10-19-15(17)8-11(2)9-16/h5-9,16-18H,4,10H2,1-3H3/b11-8-,16-9?,17-15?. The fraction of sp³-hybridized carbons (Fsp3) is 0.333. The van der Waals surface area contributed by atoms with Gasteiger partial charge in [-0.2, -0.15) is 0 Å². The molecule has 4 heteroatoms. The van der Waals surface area contributed by atoms with Crippen LogP contribution >= 0.6 is 0 Å². The molecule has 0 aromatic heterocycles. The van der Waals surface area contributed by atoms with Gasteiger partial charge < -0.3 is 15.5 Å². The summed E-state index contributed by atoms with van der Waals surface area (Å²) < 4.78 is 5.45. The van der Waals surface area contributed by atoms with Crippen LogP contribution in [0.3, 0.4) is 0 Å². The summed E-state index contributed by atoms with van der Waals surface area (Å²) in [7, 11) is 1.88. The molecule has 4 nitrogen and oxygen atoms in total. The summed E-state index contributed by atoms with van der Waals surface area (Å²) in [5, 5.41) is 17.9. The molecule has 102 valence electrons. The predicted octanol–water partition coefficient (Wildman–Crippen LogP) is 3.38. The van der Waals surface area contributed by atoms with E-state index in [4.69, 9.17) is 15.6 Å². The second kappa shape index (κ2) is 7.36. The molecule has 0 aliphatic rings. The van der Waals surface area contributed by atoms with Crippen LogP contribution in [0.15, 0.2) is 29.8 Å². The summed E-state index contributed by atoms with van der Waals surface area (Å²) in [5.74, 6) is 0.0777. The van der Waals surface area contributed by atoms with Gasteiger partial charge in [-0.1, -0.05) is 19.1 Å². The summed E-state index contributed by atoms with van der Waals surface area (Å²) in [6.07, 6.45) is 3.68. The van der Waals surface area contributed by atoms with E-state index in [1.807, 2.05) is 19.2 Å². The van der Waals surface area contributed by atoms with Crippen LogP contribution in [0.1, 0.15) is 25.0 Å². The zero-order valence-corrected chi connectivity index (χ0v) is 11.7. The molecule has 1 aromatic carbocycles. The zero-order valence-electron chi connectivity index (χ0n) is 11.7. The van der Waals surface area contributed by atoms with Gasteiger partial charge in [0.25, 0.3) is 0 Å². The minimum atomic E-state index is 0.0777. The monoisotopic (exact) mass is 259 g/mol. The van der Waals surface area contributed by atoms with Crippen molar-refractivity contribution in [3.05, 3.63) is 41.0 Å². The fourth-order valence-corrected chi connectivity index (χ4v) is 1.81. The average molecular weight is 259 g/mol. The molecule has 0 bridgehead atoms. The fourth-order valence-electron chi connectivity index (χ4n) is 1.81. The van der Waals surface area contributed by atoms with Crippen molar-refractivity contribution < 1.29 is 4.74 Å². The van der Waals surface area contributed by atoms with Gasteiger partial charge in [-0.05, 0) is 30.5 Å². The van der Waals surface area contributed by atoms with E-state index in [1.165, 1.54) is 11.8 Å². The lowest BCUT2D eigenvalue weighted by Gasteiger charge is -2.14. The molecule has 1 rings (SSSR count). The van der Waals surface area contributed by atoms with Gasteiger partial charge in [0.05, 0.1) is 0 Å². The predicted molar refractivity (Wildman–Crippen MR) is 80.4 cm³/mol. The summed E-state index contributed by atoms with van der Waals surface area (Å²) in [6, 6.07) is 6.08. The Balaban J connectivity index is 2.82. The molecule has 0 heterocycles. The number of ether oxygens (including phenoxy) is 1. The zero-order chi connectivity index (χ0) is 14.3. The summed E-state index contributed by atoms with van der Waals surface area (Å²) >= 11 is 0. The van der Waals surface area contributed by atoms with Crippen molar-refractivity contribution in [2.75, 3.05) is 12.4 Å². The maximum Gasteiger partial charge on any atom is 0.206 e. The Morgan fingerprint density at radius 3 is 2.74 bits per heavy atom. The van der Waals surface area contributed by atoms with Gasteiger partial charge in [-0.25, -0.2) is 0 Å². The Morgan fingerprint density at radius 2 is 2.16 bits per heavy atom. The van der Waals surface area contributed by atoms with Crippen molar-refractivity contribution in [3.8, 4) is 0 Å². The van der Waals surface area contributed by atoms with Gasteiger partial charge in [0.15, 0.2) is 0 Å². The number of nitrogens with one attached hydrogen (secondary N) is 3. The van der Waals surface area contributed by atoms with Gasteiger partial charge in [0.2, 0.25) is 5.90 Å². The Hall–Kier alpha value is -2.10. The normalized spacial score (nSPS) is 11.0. The number of hydrogen-bond donors (Lipinski definition) is 3. The Morgan fingerprint density at radius 1 is 1.42 bits per heavy atom. The molecular formula is C15H21N3O. The average Bonchev–Trinajstić information content (AvgIpc) is 2.44. The second-order valence-corrected chi connectivity index (χ2v) is 4.23. The highest BCUT2D eigenvalue weighted by molar-refractivity contribution is 5.91. The molecule has 0 amide bonds. The third-order valence-corrected chi connectivity index (χ3v) is 2.88. The number of rotatable bonds is 6. The molecule has 0 atom stereocenters. The van der Waals surface area contributed by atoms with Crippen molar-refractivity contribution in [1.29, 1.82) is 10.8 Å². The smallest absolute Gasteiger partial charge is 0.206 e. The molecule has 0 saturated heterocycles. The number of benzene rings is 1. The van der Waals surface area contributed by atoms with E-state index in [0.29, 0.717) is 12.2 Å². The van der Waals surface area contributed by atoms with Crippen LogP contribution in [0, 0.1) is 10.8 Å². The maximum atomic E-state index is 7.70. The third kappa shape index (κ3) is 4.25. The number of aryl methyl sites for hydroxylation is 1. The molecule has 0 unspecified atom stereocenters. The van der Waals surface area contributed by atoms with Crippen LogP contribution in [0.5, 0.6) is 0 Å². The summed E-state index contributed by atoms with van der Waals surface area (Å²) in [5.41, 5.74) is 4.02. The van der Waals surface area contributed by atoms with Crippen LogP contribution in [0.2, 0.25) is 0 Å². The number of allylic oxidation sites excluding steroid dienone is 1. The molecule has 0 fully saturated rings. The Labute approximate surface area is 114 Å². The number of hydrogen-bond acceptors (Lipinski definition) is 4. The molecule has 0 radical (unpaired) electrons. The van der Waals surface area contributed by atoms with Gasteiger partial charge in [-0.15, -0.1) is 0 Å². The molecule has 3 N–H and O–H groups in total. The molecule has 0 saturated carbocycles. The van der Waals surface area contributed by atoms with E-state index in [0.717, 1.165) is 17.7 Å². The quantitative estimate of drug-likeness (QED) is 0.541. The molecule has 0 spiro atoms. The van der Waals surface area contributed by atoms with E-state index < -0.39 is 0 Å². The van der Waals surface area contributed by atoms with Crippen molar-refractivity contribution in [3.63, 3.8) is 0 Å². The van der Waals surface area contributed by atoms with Crippen molar-refractivity contribution in [2.24, 2.45) is 0 Å². The molecule has 1 aromatic rings. The van der Waals surface area contributed by atoms with Crippen molar-refractivity contribution >= 4 is 17.8 Å². The van der Waals surface area contributed by atoms with E-state index >= 15 is 0 Å². The number of anilines is 1. The van der Waals surface area contributed by atoms with Crippen LogP contribution < -0.4 is 5.32 Å². The summed E-state index contributed by atoms with van der Waals surface area (Å²) in [6.45, 7) is 4.23. The molecule has 0 aliphatic heterocycles. The summed E-state index contributed by atoms with van der Waals surface area (Å²) in [4.78, 5) is 0. The highest BCUT2D eigenvalue weighted by Gasteiger charge is 2.07. The van der Waals surface area contributed by atoms with Gasteiger partial charge in [-0.3, -0.25) is 5.41 Å². The van der Waals surface area contributed by atoms with Crippen LogP contribution in [-0.2, 0) is 17.8 Å². The maximum absolute atomic E-state index is 7.70. The Bertz CT molecular complexity index is 470. The SMILES string of the molecule is CCc1cccc(NC)c1COC(=N)/C=C(/C)C=N. The van der Waals surface area contributed by atoms with Crippen molar-refractivity contribution in [1.82, 2.24) is 0 Å². The first-order valence-electron chi connectivity index (χ1n) is 6.31. The van der Waals surface area contributed by atoms with E-state index in [-0.39, 0.29) is 5.90 Å². The van der Waals surface area contributed by atoms with Crippen LogP contribution in [0.4, 0.5) is 5.69 Å². The van der Waals surface area contributed by atoms with Crippen LogP contribution in [0.25, 0.3) is 0 Å². The topological polar surface area (TPSA) is 69.0 Å². The molecular weight excluding hydrogens is 238 g/mol. The highest BCUT2D eigenvalue weighted by atomic mass is 16.5. The van der Waals surface area contributed by atoms with Crippen LogP contribution in [-0.4, -0.2) is 19.2 Å². The minimum Gasteiger partial charge on any atom is -0.473 e. The first-order valence-corrected chi connectivity index (χ1v) is 6.31. The van der Waals surface area contributed by atoms with Gasteiger partial charge in [0.1, 0.15) is 6.61 Å². The van der Waals surface area contributed by atoms with E-state index in [1.54, 1.807) is 13.0 Å². The first kappa shape index (κ1) is 15.0. The van der Waals surface area contributed by atoms with Crippen molar-refractivity contribution in [2.45, 2.75) is 26.9 Å².